The molecule has 4 rings (SSSR count). The van der Waals surface area contributed by atoms with E-state index < -0.39 is 0 Å². The van der Waals surface area contributed by atoms with Gasteiger partial charge in [-0.15, -0.1) is 0 Å². The van der Waals surface area contributed by atoms with Gasteiger partial charge in [-0.25, -0.2) is 4.98 Å². The Kier molecular flexibility index (Phi) is 5.45. The molecule has 0 bridgehead atoms. The summed E-state index contributed by atoms with van der Waals surface area (Å²) in [5, 5.41) is 9.68. The van der Waals surface area contributed by atoms with Crippen molar-refractivity contribution in [3.63, 3.8) is 0 Å². The first-order chi connectivity index (χ1) is 14.6. The molecule has 0 aliphatic carbocycles. The van der Waals surface area contributed by atoms with Gasteiger partial charge in [-0.2, -0.15) is 5.26 Å². The van der Waals surface area contributed by atoms with Crippen molar-refractivity contribution >= 4 is 5.82 Å². The highest BCUT2D eigenvalue weighted by molar-refractivity contribution is 5.80. The zero-order valence-corrected chi connectivity index (χ0v) is 16.7. The van der Waals surface area contributed by atoms with Crippen LogP contribution in [0.1, 0.15) is 16.7 Å². The van der Waals surface area contributed by atoms with Gasteiger partial charge in [0.2, 0.25) is 0 Å². The molecule has 4 aromatic rings. The van der Waals surface area contributed by atoms with Crippen molar-refractivity contribution in [2.24, 2.45) is 0 Å². The van der Waals surface area contributed by atoms with E-state index in [2.05, 4.69) is 11.1 Å². The van der Waals surface area contributed by atoms with Crippen LogP contribution in [-0.4, -0.2) is 4.98 Å². The monoisotopic (exact) mass is 391 g/mol. The quantitative estimate of drug-likeness (QED) is 0.470. The zero-order chi connectivity index (χ0) is 20.9. The summed E-state index contributed by atoms with van der Waals surface area (Å²) in [4.78, 5) is 4.45. The second kappa shape index (κ2) is 8.50. The summed E-state index contributed by atoms with van der Waals surface area (Å²) in [5.41, 5.74) is 12.1. The minimum absolute atomic E-state index is 0.223. The number of rotatable bonds is 5. The highest BCUT2D eigenvalue weighted by Crippen LogP contribution is 2.33. The lowest BCUT2D eigenvalue weighted by Crippen LogP contribution is -2.00. The topological polar surface area (TPSA) is 71.9 Å². The highest BCUT2D eigenvalue weighted by atomic mass is 16.5. The van der Waals surface area contributed by atoms with Gasteiger partial charge in [-0.05, 0) is 36.2 Å². The maximum atomic E-state index is 9.68. The molecule has 0 amide bonds. The first kappa shape index (κ1) is 19.2. The normalized spacial score (nSPS) is 10.4. The Bertz CT molecular complexity index is 1210. The van der Waals surface area contributed by atoms with Crippen LogP contribution in [-0.2, 0) is 6.61 Å². The largest absolute Gasteiger partial charge is 0.489 e. The number of nitrogens with zero attached hydrogens (tertiary/aromatic N) is 2. The van der Waals surface area contributed by atoms with Crippen molar-refractivity contribution < 1.29 is 4.74 Å². The average Bonchev–Trinajstić information content (AvgIpc) is 2.78. The maximum absolute atomic E-state index is 9.68. The molecule has 0 aliphatic heterocycles. The van der Waals surface area contributed by atoms with Gasteiger partial charge in [0, 0.05) is 11.1 Å². The molecule has 0 fully saturated rings. The number of nitrogens with two attached hydrogens (primary N) is 1. The third-order valence-electron chi connectivity index (χ3n) is 4.90. The fourth-order valence-electron chi connectivity index (χ4n) is 3.28. The second-order valence-electron chi connectivity index (χ2n) is 7.10. The Morgan fingerprint density at radius 2 is 1.67 bits per heavy atom. The van der Waals surface area contributed by atoms with E-state index in [1.807, 2.05) is 91.9 Å². The molecule has 0 saturated heterocycles. The standard InChI is InChI=1S/C26H21N3O/c1-18-10-12-20(13-11-18)25-15-23(24(16-27)26(28)29-25)21-8-5-9-22(14-21)30-17-19-6-3-2-4-7-19/h2-15H,17H2,1H3,(H2,28,29). The number of ether oxygens (including phenoxy) is 1. The van der Waals surface area contributed by atoms with Crippen LogP contribution in [0.2, 0.25) is 0 Å². The maximum Gasteiger partial charge on any atom is 0.142 e. The molecule has 1 aromatic heterocycles. The van der Waals surface area contributed by atoms with Gasteiger partial charge in [-0.3, -0.25) is 0 Å². The first-order valence-electron chi connectivity index (χ1n) is 9.69. The van der Waals surface area contributed by atoms with Crippen LogP contribution in [0.5, 0.6) is 5.75 Å². The van der Waals surface area contributed by atoms with E-state index >= 15 is 0 Å². The van der Waals surface area contributed by atoms with Crippen LogP contribution in [0.25, 0.3) is 22.4 Å². The summed E-state index contributed by atoms with van der Waals surface area (Å²) >= 11 is 0. The van der Waals surface area contributed by atoms with E-state index in [-0.39, 0.29) is 5.82 Å². The van der Waals surface area contributed by atoms with E-state index in [0.29, 0.717) is 12.2 Å². The third-order valence-corrected chi connectivity index (χ3v) is 4.90. The lowest BCUT2D eigenvalue weighted by Gasteiger charge is -2.12. The van der Waals surface area contributed by atoms with Gasteiger partial charge < -0.3 is 10.5 Å². The predicted molar refractivity (Wildman–Crippen MR) is 120 cm³/mol. The Morgan fingerprint density at radius 1 is 0.900 bits per heavy atom. The summed E-state index contributed by atoms with van der Waals surface area (Å²) in [6.45, 7) is 2.51. The fraction of sp³-hybridized carbons (Fsp3) is 0.0769. The Balaban J connectivity index is 1.70. The number of aryl methyl sites for hydroxylation is 1. The van der Waals surface area contributed by atoms with Crippen molar-refractivity contribution in [2.75, 3.05) is 5.73 Å². The molecular weight excluding hydrogens is 370 g/mol. The van der Waals surface area contributed by atoms with Gasteiger partial charge in [0.05, 0.1) is 5.69 Å². The Hall–Kier alpha value is -4.10. The van der Waals surface area contributed by atoms with Crippen LogP contribution in [0, 0.1) is 18.3 Å². The highest BCUT2D eigenvalue weighted by Gasteiger charge is 2.14. The molecule has 1 heterocycles. The molecule has 146 valence electrons. The van der Waals surface area contributed by atoms with Crippen LogP contribution in [0.3, 0.4) is 0 Å². The molecule has 30 heavy (non-hydrogen) atoms. The molecule has 2 N–H and O–H groups in total. The van der Waals surface area contributed by atoms with E-state index in [1.165, 1.54) is 5.56 Å². The SMILES string of the molecule is Cc1ccc(-c2cc(-c3cccc(OCc4ccccc4)c3)c(C#N)c(N)n2)cc1. The summed E-state index contributed by atoms with van der Waals surface area (Å²) in [6.07, 6.45) is 0. The molecule has 4 heteroatoms. The average molecular weight is 391 g/mol. The molecule has 0 spiro atoms. The number of nitrogen functional groups attached to an aromatic ring is 1. The molecule has 0 atom stereocenters. The van der Waals surface area contributed by atoms with Crippen molar-refractivity contribution in [3.05, 3.63) is 102 Å². The van der Waals surface area contributed by atoms with Crippen LogP contribution >= 0.6 is 0 Å². The molecule has 4 nitrogen and oxygen atoms in total. The number of hydrogen-bond acceptors (Lipinski definition) is 4. The van der Waals surface area contributed by atoms with Crippen molar-refractivity contribution in [2.45, 2.75) is 13.5 Å². The number of nitriles is 1. The Labute approximate surface area is 176 Å². The van der Waals surface area contributed by atoms with Gasteiger partial charge >= 0.3 is 0 Å². The lowest BCUT2D eigenvalue weighted by atomic mass is 9.98. The van der Waals surface area contributed by atoms with Crippen molar-refractivity contribution in [1.29, 1.82) is 5.26 Å². The number of pyridine rings is 1. The molecular formula is C26H21N3O. The lowest BCUT2D eigenvalue weighted by molar-refractivity contribution is 0.306. The molecule has 0 saturated carbocycles. The van der Waals surface area contributed by atoms with Crippen molar-refractivity contribution in [1.82, 2.24) is 4.98 Å². The summed E-state index contributed by atoms with van der Waals surface area (Å²) in [5.74, 6) is 0.952. The molecule has 0 radical (unpaired) electrons. The number of anilines is 1. The molecule has 0 unspecified atom stereocenters. The smallest absolute Gasteiger partial charge is 0.142 e. The number of aromatic nitrogens is 1. The first-order valence-corrected chi connectivity index (χ1v) is 9.69. The minimum Gasteiger partial charge on any atom is -0.489 e. The Morgan fingerprint density at radius 3 is 2.40 bits per heavy atom. The third kappa shape index (κ3) is 4.16. The van der Waals surface area contributed by atoms with Gasteiger partial charge in [-0.1, -0.05) is 72.3 Å². The van der Waals surface area contributed by atoms with Gasteiger partial charge in [0.25, 0.3) is 0 Å². The van der Waals surface area contributed by atoms with E-state index in [4.69, 9.17) is 10.5 Å². The van der Waals surface area contributed by atoms with Crippen molar-refractivity contribution in [3.8, 4) is 34.2 Å². The van der Waals surface area contributed by atoms with Crippen LogP contribution in [0.15, 0.2) is 84.9 Å². The molecule has 0 aliphatic rings. The van der Waals surface area contributed by atoms with Crippen LogP contribution in [0.4, 0.5) is 5.82 Å². The van der Waals surface area contributed by atoms with E-state index in [9.17, 15) is 5.26 Å². The van der Waals surface area contributed by atoms with Gasteiger partial charge in [0.1, 0.15) is 29.8 Å². The van der Waals surface area contributed by atoms with E-state index in [0.717, 1.165) is 33.7 Å². The molecule has 3 aromatic carbocycles. The fourth-order valence-corrected chi connectivity index (χ4v) is 3.28. The van der Waals surface area contributed by atoms with E-state index in [1.54, 1.807) is 0 Å². The number of hydrogen-bond donors (Lipinski definition) is 1. The number of benzene rings is 3. The zero-order valence-electron chi connectivity index (χ0n) is 16.7. The minimum atomic E-state index is 0.223. The summed E-state index contributed by atoms with van der Waals surface area (Å²) in [7, 11) is 0. The van der Waals surface area contributed by atoms with Crippen LogP contribution < -0.4 is 10.5 Å². The van der Waals surface area contributed by atoms with Gasteiger partial charge in [0.15, 0.2) is 0 Å². The summed E-state index contributed by atoms with van der Waals surface area (Å²) < 4.78 is 5.96. The summed E-state index contributed by atoms with van der Waals surface area (Å²) in [6, 6.07) is 29.9. The second-order valence-corrected chi connectivity index (χ2v) is 7.10. The predicted octanol–water partition coefficient (Wildman–Crippen LogP) is 5.76.